The van der Waals surface area contributed by atoms with Crippen molar-refractivity contribution in [3.8, 4) is 0 Å². The van der Waals surface area contributed by atoms with Crippen molar-refractivity contribution in [3.05, 3.63) is 34.1 Å². The van der Waals surface area contributed by atoms with Gasteiger partial charge in [-0.3, -0.25) is 0 Å². The monoisotopic (exact) mass is 238 g/mol. The van der Waals surface area contributed by atoms with Crippen molar-refractivity contribution in [2.75, 3.05) is 0 Å². The van der Waals surface area contributed by atoms with Crippen molar-refractivity contribution >= 4 is 16.4 Å². The Kier molecular flexibility index (Phi) is 3.47. The first-order valence-electron chi connectivity index (χ1n) is 5.52. The second-order valence-electron chi connectivity index (χ2n) is 4.47. The van der Waals surface area contributed by atoms with Crippen LogP contribution >= 0.6 is 10.5 Å². The molecule has 1 aliphatic heterocycles. The van der Waals surface area contributed by atoms with Gasteiger partial charge in [-0.25, -0.2) is 0 Å². The van der Waals surface area contributed by atoms with Gasteiger partial charge in [-0.15, -0.1) is 10.5 Å². The van der Waals surface area contributed by atoms with E-state index in [4.69, 9.17) is 0 Å². The summed E-state index contributed by atoms with van der Waals surface area (Å²) in [5, 5.41) is 21.9. The van der Waals surface area contributed by atoms with Crippen molar-refractivity contribution in [2.24, 2.45) is 5.92 Å². The molecule has 2 aliphatic rings. The summed E-state index contributed by atoms with van der Waals surface area (Å²) in [4.78, 5) is 1.28. The lowest BCUT2D eigenvalue weighted by Gasteiger charge is -2.31. The quantitative estimate of drug-likeness (QED) is 0.572. The zero-order valence-corrected chi connectivity index (χ0v) is 10.3. The van der Waals surface area contributed by atoms with Crippen molar-refractivity contribution in [2.45, 2.75) is 32.0 Å². The molecule has 0 spiro atoms. The molecule has 0 saturated carbocycles. The highest BCUT2D eigenvalue weighted by Gasteiger charge is 2.31. The molecule has 0 aromatic carbocycles. The Balaban J connectivity index is 2.04. The van der Waals surface area contributed by atoms with Gasteiger partial charge in [-0.1, -0.05) is 24.1 Å². The number of hydrogen-bond acceptors (Lipinski definition) is 2. The van der Waals surface area contributed by atoms with E-state index in [1.54, 1.807) is 0 Å². The number of hydrogen-bond donors (Lipinski definition) is 2. The molecule has 1 aliphatic carbocycles. The predicted octanol–water partition coefficient (Wildman–Crippen LogP) is 2.18. The Bertz CT molecular complexity index is 393. The van der Waals surface area contributed by atoms with Gasteiger partial charge >= 0.3 is 0 Å². The fourth-order valence-corrected chi connectivity index (χ4v) is 3.30. The molecule has 1 heterocycles. The first-order valence-corrected chi connectivity index (χ1v) is 6.98. The minimum atomic E-state index is -0.694. The molecule has 0 amide bonds. The number of aliphatic hydroxyl groups excluding tert-OH is 2. The summed E-state index contributed by atoms with van der Waals surface area (Å²) in [5.74, 6) is 4.18. The zero-order valence-electron chi connectivity index (χ0n) is 9.47. The van der Waals surface area contributed by atoms with Gasteiger partial charge < -0.3 is 10.2 Å². The minimum absolute atomic E-state index is 0.0301. The molecule has 0 radical (unpaired) electrons. The van der Waals surface area contributed by atoms with Gasteiger partial charge in [0.15, 0.2) is 0 Å². The standard InChI is InChI=1S/C13H18O2S/c1-9-5-6-10(13(15)12(9)14)8-11-4-3-7-16(11)2/h3-5,7,10,12-15H,2,6,8H2,1H3. The molecule has 2 rings (SSSR count). The summed E-state index contributed by atoms with van der Waals surface area (Å²) in [5.41, 5.74) is 0.885. The number of rotatable bonds is 2. The van der Waals surface area contributed by atoms with E-state index in [2.05, 4.69) is 17.4 Å². The summed E-state index contributed by atoms with van der Waals surface area (Å²) < 4.78 is 0. The van der Waals surface area contributed by atoms with E-state index >= 15 is 0 Å². The maximum Gasteiger partial charge on any atom is 0.101 e. The molecule has 0 bridgehead atoms. The Morgan fingerprint density at radius 2 is 2.25 bits per heavy atom. The third-order valence-corrected chi connectivity index (χ3v) is 4.80. The molecule has 2 nitrogen and oxygen atoms in total. The average Bonchev–Trinajstić information content (AvgIpc) is 2.65. The minimum Gasteiger partial charge on any atom is -0.390 e. The Hall–Kier alpha value is -0.640. The molecule has 16 heavy (non-hydrogen) atoms. The van der Waals surface area contributed by atoms with Crippen LogP contribution in [0.2, 0.25) is 0 Å². The molecule has 0 aromatic rings. The van der Waals surface area contributed by atoms with E-state index in [1.807, 2.05) is 19.1 Å². The van der Waals surface area contributed by atoms with Gasteiger partial charge in [-0.05, 0) is 41.6 Å². The Morgan fingerprint density at radius 3 is 2.88 bits per heavy atom. The van der Waals surface area contributed by atoms with Crippen LogP contribution in [0, 0.1) is 5.92 Å². The summed E-state index contributed by atoms with van der Waals surface area (Å²) in [6.45, 7) is 1.87. The van der Waals surface area contributed by atoms with Crippen LogP contribution in [-0.4, -0.2) is 28.3 Å². The molecule has 88 valence electrons. The zero-order chi connectivity index (χ0) is 11.7. The summed E-state index contributed by atoms with van der Waals surface area (Å²) in [6.07, 6.45) is 6.49. The first-order chi connectivity index (χ1) is 7.59. The maximum absolute atomic E-state index is 10.00. The number of allylic oxidation sites excluding steroid dienone is 4. The van der Waals surface area contributed by atoms with E-state index in [9.17, 15) is 10.2 Å². The highest BCUT2D eigenvalue weighted by molar-refractivity contribution is 8.20. The molecular weight excluding hydrogens is 220 g/mol. The molecule has 0 saturated heterocycles. The molecule has 2 N–H and O–H groups in total. The van der Waals surface area contributed by atoms with Crippen molar-refractivity contribution in [1.82, 2.24) is 0 Å². The number of aliphatic hydroxyl groups is 2. The first kappa shape index (κ1) is 11.8. The van der Waals surface area contributed by atoms with Crippen LogP contribution in [0.4, 0.5) is 0 Å². The maximum atomic E-state index is 10.00. The van der Waals surface area contributed by atoms with Crippen LogP contribution in [0.1, 0.15) is 19.8 Å². The highest BCUT2D eigenvalue weighted by atomic mass is 32.2. The van der Waals surface area contributed by atoms with Gasteiger partial charge in [0.1, 0.15) is 6.10 Å². The fraction of sp³-hybridized carbons (Fsp3) is 0.462. The summed E-state index contributed by atoms with van der Waals surface area (Å²) >= 11 is 0. The topological polar surface area (TPSA) is 40.5 Å². The normalized spacial score (nSPS) is 38.4. The third-order valence-electron chi connectivity index (χ3n) is 3.34. The highest BCUT2D eigenvalue weighted by Crippen LogP contribution is 2.38. The molecular formula is C13H18O2S. The average molecular weight is 238 g/mol. The van der Waals surface area contributed by atoms with Gasteiger partial charge in [0.25, 0.3) is 0 Å². The van der Waals surface area contributed by atoms with Crippen LogP contribution < -0.4 is 0 Å². The van der Waals surface area contributed by atoms with E-state index < -0.39 is 12.2 Å². The molecule has 4 atom stereocenters. The summed E-state index contributed by atoms with van der Waals surface area (Å²) in [6, 6.07) is 0. The third kappa shape index (κ3) is 2.21. The SMILES string of the molecule is C=S1C=CC=C1CC1CC=C(C)C(O)C1O. The fourth-order valence-electron chi connectivity index (χ4n) is 2.18. The van der Waals surface area contributed by atoms with Crippen LogP contribution in [0.25, 0.3) is 0 Å². The second kappa shape index (κ2) is 4.70. The second-order valence-corrected chi connectivity index (χ2v) is 6.13. The van der Waals surface area contributed by atoms with E-state index in [0.29, 0.717) is 0 Å². The van der Waals surface area contributed by atoms with Gasteiger partial charge in [-0.2, -0.15) is 0 Å². The lowest BCUT2D eigenvalue weighted by Crippen LogP contribution is -2.37. The predicted molar refractivity (Wildman–Crippen MR) is 70.4 cm³/mol. The van der Waals surface area contributed by atoms with Crippen LogP contribution in [0.5, 0.6) is 0 Å². The van der Waals surface area contributed by atoms with Crippen molar-refractivity contribution < 1.29 is 10.2 Å². The molecule has 3 heteroatoms. The van der Waals surface area contributed by atoms with Gasteiger partial charge in [0, 0.05) is 0 Å². The van der Waals surface area contributed by atoms with Gasteiger partial charge in [0.2, 0.25) is 0 Å². The Morgan fingerprint density at radius 1 is 1.50 bits per heavy atom. The lowest BCUT2D eigenvalue weighted by molar-refractivity contribution is -0.00372. The van der Waals surface area contributed by atoms with Crippen LogP contribution in [0.3, 0.4) is 0 Å². The lowest BCUT2D eigenvalue weighted by atomic mass is 9.83. The summed E-state index contributed by atoms with van der Waals surface area (Å²) in [7, 11) is -0.0301. The van der Waals surface area contributed by atoms with Crippen LogP contribution in [0.15, 0.2) is 34.1 Å². The van der Waals surface area contributed by atoms with E-state index in [-0.39, 0.29) is 16.4 Å². The Labute approximate surface area is 98.9 Å². The van der Waals surface area contributed by atoms with Crippen LogP contribution in [-0.2, 0) is 0 Å². The van der Waals surface area contributed by atoms with E-state index in [1.165, 1.54) is 4.91 Å². The van der Waals surface area contributed by atoms with Crippen molar-refractivity contribution in [3.63, 3.8) is 0 Å². The smallest absolute Gasteiger partial charge is 0.101 e. The molecule has 0 aromatic heterocycles. The van der Waals surface area contributed by atoms with E-state index in [0.717, 1.165) is 18.4 Å². The largest absolute Gasteiger partial charge is 0.390 e. The van der Waals surface area contributed by atoms with Crippen molar-refractivity contribution in [1.29, 1.82) is 0 Å². The molecule has 0 fully saturated rings. The molecule has 4 unspecified atom stereocenters. The van der Waals surface area contributed by atoms with Gasteiger partial charge in [0.05, 0.1) is 6.10 Å².